The lowest BCUT2D eigenvalue weighted by Gasteiger charge is -2.11. The van der Waals surface area contributed by atoms with Gasteiger partial charge >= 0.3 is 6.18 Å². The summed E-state index contributed by atoms with van der Waals surface area (Å²) < 4.78 is 38.8. The molecule has 0 fully saturated rings. The average molecular weight is 286 g/mol. The monoisotopic (exact) mass is 286 g/mol. The smallest absolute Gasteiger partial charge is 0.311 e. The Morgan fingerprint density at radius 2 is 1.95 bits per heavy atom. The fraction of sp³-hybridized carbons (Fsp3) is 0.308. The number of hydrogen-bond donors (Lipinski definition) is 1. The van der Waals surface area contributed by atoms with Crippen molar-refractivity contribution in [1.82, 2.24) is 10.3 Å². The maximum Gasteiger partial charge on any atom is 0.417 e. The molecular weight excluding hydrogens is 273 g/mol. The fourth-order valence-electron chi connectivity index (χ4n) is 1.69. The molecule has 0 bridgehead atoms. The van der Waals surface area contributed by atoms with Gasteiger partial charge in [-0.15, -0.1) is 11.3 Å². The van der Waals surface area contributed by atoms with Gasteiger partial charge in [-0.25, -0.2) is 4.98 Å². The molecule has 1 heterocycles. The number of thiazole rings is 1. The van der Waals surface area contributed by atoms with Crippen LogP contribution in [0.15, 0.2) is 29.6 Å². The van der Waals surface area contributed by atoms with Gasteiger partial charge in [0.25, 0.3) is 0 Å². The maximum absolute atomic E-state index is 12.9. The molecule has 0 saturated carbocycles. The predicted octanol–water partition coefficient (Wildman–Crippen LogP) is 4.11. The van der Waals surface area contributed by atoms with Gasteiger partial charge in [-0.2, -0.15) is 13.2 Å². The summed E-state index contributed by atoms with van der Waals surface area (Å²) in [6.45, 7) is 1.91. The lowest BCUT2D eigenvalue weighted by atomic mass is 10.1. The van der Waals surface area contributed by atoms with Crippen LogP contribution in [0.1, 0.15) is 23.5 Å². The molecule has 102 valence electrons. The van der Waals surface area contributed by atoms with Gasteiger partial charge in [-0.05, 0) is 20.0 Å². The van der Waals surface area contributed by atoms with Crippen LogP contribution in [-0.4, -0.2) is 12.0 Å². The highest BCUT2D eigenvalue weighted by molar-refractivity contribution is 7.10. The Labute approximate surface area is 113 Å². The Morgan fingerprint density at radius 1 is 1.26 bits per heavy atom. The number of hydrogen-bond acceptors (Lipinski definition) is 3. The molecule has 0 aliphatic rings. The van der Waals surface area contributed by atoms with Crippen LogP contribution in [0.4, 0.5) is 13.2 Å². The zero-order valence-electron chi connectivity index (χ0n) is 10.5. The van der Waals surface area contributed by atoms with Crippen LogP contribution in [0, 0.1) is 0 Å². The molecule has 0 aliphatic heterocycles. The third-order valence-electron chi connectivity index (χ3n) is 2.83. The van der Waals surface area contributed by atoms with Crippen LogP contribution in [-0.2, 0) is 6.18 Å². The minimum Gasteiger partial charge on any atom is -0.311 e. The molecule has 2 nitrogen and oxygen atoms in total. The molecular formula is C13H13F3N2S. The zero-order valence-corrected chi connectivity index (χ0v) is 11.3. The third-order valence-corrected chi connectivity index (χ3v) is 3.86. The van der Waals surface area contributed by atoms with E-state index in [4.69, 9.17) is 0 Å². The molecule has 6 heteroatoms. The van der Waals surface area contributed by atoms with Gasteiger partial charge in [0.05, 0.1) is 17.3 Å². The van der Waals surface area contributed by atoms with Crippen LogP contribution in [0.3, 0.4) is 0 Å². The largest absolute Gasteiger partial charge is 0.417 e. The number of halogens is 3. The minimum absolute atomic E-state index is 0.0248. The Hall–Kier alpha value is -1.40. The second-order valence-corrected chi connectivity index (χ2v) is 5.01. The SMILES string of the molecule is CNC(C)c1nc(-c2ccccc2C(F)(F)F)cs1. The molecule has 1 aromatic heterocycles. The second-order valence-electron chi connectivity index (χ2n) is 4.12. The Morgan fingerprint density at radius 3 is 2.58 bits per heavy atom. The van der Waals surface area contributed by atoms with E-state index in [9.17, 15) is 13.2 Å². The molecule has 1 unspecified atom stereocenters. The van der Waals surface area contributed by atoms with E-state index in [0.717, 1.165) is 11.1 Å². The first kappa shape index (κ1) is 14.0. The average Bonchev–Trinajstić information content (AvgIpc) is 2.86. The Kier molecular flexibility index (Phi) is 3.91. The molecule has 1 N–H and O–H groups in total. The van der Waals surface area contributed by atoms with E-state index in [2.05, 4.69) is 10.3 Å². The first-order valence-electron chi connectivity index (χ1n) is 5.72. The van der Waals surface area contributed by atoms with Gasteiger partial charge in [-0.1, -0.05) is 18.2 Å². The van der Waals surface area contributed by atoms with Crippen molar-refractivity contribution < 1.29 is 13.2 Å². The summed E-state index contributed by atoms with van der Waals surface area (Å²) in [5.74, 6) is 0. The van der Waals surface area contributed by atoms with E-state index in [-0.39, 0.29) is 11.6 Å². The number of benzene rings is 1. The third kappa shape index (κ3) is 2.96. The van der Waals surface area contributed by atoms with Gasteiger partial charge in [0.15, 0.2) is 0 Å². The minimum atomic E-state index is -4.37. The molecule has 2 aromatic rings. The topological polar surface area (TPSA) is 24.9 Å². The van der Waals surface area contributed by atoms with Gasteiger partial charge in [0.1, 0.15) is 5.01 Å². The summed E-state index contributed by atoms with van der Waals surface area (Å²) in [5, 5.41) is 5.45. The van der Waals surface area contributed by atoms with Crippen LogP contribution in [0.2, 0.25) is 0 Å². The van der Waals surface area contributed by atoms with Crippen LogP contribution in [0.5, 0.6) is 0 Å². The lowest BCUT2D eigenvalue weighted by Crippen LogP contribution is -2.12. The number of alkyl halides is 3. The van der Waals surface area contributed by atoms with Gasteiger partial charge in [0.2, 0.25) is 0 Å². The molecule has 0 radical (unpaired) electrons. The molecule has 0 amide bonds. The van der Waals surface area contributed by atoms with Crippen molar-refractivity contribution in [3.63, 3.8) is 0 Å². The standard InChI is InChI=1S/C13H13F3N2S/c1-8(17-2)12-18-11(7-19-12)9-5-3-4-6-10(9)13(14,15)16/h3-8,17H,1-2H3. The van der Waals surface area contributed by atoms with Crippen molar-refractivity contribution in [2.45, 2.75) is 19.1 Å². The second kappa shape index (κ2) is 5.30. The Balaban J connectivity index is 2.45. The van der Waals surface area contributed by atoms with E-state index in [1.165, 1.54) is 23.5 Å². The van der Waals surface area contributed by atoms with E-state index in [1.54, 1.807) is 18.5 Å². The number of nitrogens with one attached hydrogen (secondary N) is 1. The fourth-order valence-corrected chi connectivity index (χ4v) is 2.57. The molecule has 1 atom stereocenters. The molecule has 19 heavy (non-hydrogen) atoms. The highest BCUT2D eigenvalue weighted by Crippen LogP contribution is 2.37. The number of rotatable bonds is 3. The van der Waals surface area contributed by atoms with Crippen molar-refractivity contribution in [3.05, 3.63) is 40.2 Å². The van der Waals surface area contributed by atoms with Gasteiger partial charge < -0.3 is 5.32 Å². The molecule has 0 spiro atoms. The van der Waals surface area contributed by atoms with Crippen LogP contribution in [0.25, 0.3) is 11.3 Å². The van der Waals surface area contributed by atoms with Crippen molar-refractivity contribution in [3.8, 4) is 11.3 Å². The maximum atomic E-state index is 12.9. The Bertz CT molecular complexity index is 563. The van der Waals surface area contributed by atoms with E-state index >= 15 is 0 Å². The molecule has 1 aromatic carbocycles. The quantitative estimate of drug-likeness (QED) is 0.918. The lowest BCUT2D eigenvalue weighted by molar-refractivity contribution is -0.137. The van der Waals surface area contributed by atoms with Gasteiger partial charge in [-0.3, -0.25) is 0 Å². The highest BCUT2D eigenvalue weighted by Gasteiger charge is 2.33. The van der Waals surface area contributed by atoms with Crippen LogP contribution < -0.4 is 5.32 Å². The molecule has 2 rings (SSSR count). The normalized spacial score (nSPS) is 13.5. The summed E-state index contributed by atoms with van der Waals surface area (Å²) in [5.41, 5.74) is -0.153. The molecule has 0 saturated heterocycles. The highest BCUT2D eigenvalue weighted by atomic mass is 32.1. The first-order valence-corrected chi connectivity index (χ1v) is 6.60. The van der Waals surface area contributed by atoms with Crippen molar-refractivity contribution >= 4 is 11.3 Å². The van der Waals surface area contributed by atoms with Crippen molar-refractivity contribution in [1.29, 1.82) is 0 Å². The van der Waals surface area contributed by atoms with Crippen LogP contribution >= 0.6 is 11.3 Å². The van der Waals surface area contributed by atoms with E-state index in [0.29, 0.717) is 5.69 Å². The van der Waals surface area contributed by atoms with E-state index in [1.807, 2.05) is 6.92 Å². The summed E-state index contributed by atoms with van der Waals surface area (Å²) in [6, 6.07) is 5.53. The van der Waals surface area contributed by atoms with Crippen molar-refractivity contribution in [2.24, 2.45) is 0 Å². The number of aromatic nitrogens is 1. The summed E-state index contributed by atoms with van der Waals surface area (Å²) in [7, 11) is 1.79. The van der Waals surface area contributed by atoms with Crippen molar-refractivity contribution in [2.75, 3.05) is 7.05 Å². The predicted molar refractivity (Wildman–Crippen MR) is 70.0 cm³/mol. The summed E-state index contributed by atoms with van der Waals surface area (Å²) >= 11 is 1.36. The van der Waals surface area contributed by atoms with E-state index < -0.39 is 11.7 Å². The zero-order chi connectivity index (χ0) is 14.0. The first-order chi connectivity index (χ1) is 8.93. The van der Waals surface area contributed by atoms with Gasteiger partial charge in [0, 0.05) is 10.9 Å². The summed E-state index contributed by atoms with van der Waals surface area (Å²) in [6.07, 6.45) is -4.37. The number of nitrogens with zero attached hydrogens (tertiary/aromatic N) is 1. The summed E-state index contributed by atoms with van der Waals surface area (Å²) in [4.78, 5) is 4.28. The molecule has 0 aliphatic carbocycles.